The van der Waals surface area contributed by atoms with Gasteiger partial charge in [-0.1, -0.05) is 78.7 Å². The summed E-state index contributed by atoms with van der Waals surface area (Å²) < 4.78 is 26.9. The zero-order valence-electron chi connectivity index (χ0n) is 23.1. The molecule has 0 saturated heterocycles. The number of hydrogen-bond acceptors (Lipinski definition) is 4. The second-order valence-corrected chi connectivity index (χ2v) is 12.7. The first kappa shape index (κ1) is 31.5. The second-order valence-electron chi connectivity index (χ2n) is 9.87. The molecule has 10 heteroatoms. The van der Waals surface area contributed by atoms with Crippen LogP contribution in [0.15, 0.2) is 72.8 Å². The minimum Gasteiger partial charge on any atom is -0.352 e. The smallest absolute Gasteiger partial charge is 0.244 e. The van der Waals surface area contributed by atoms with Crippen molar-refractivity contribution in [3.63, 3.8) is 0 Å². The number of amides is 2. The first-order valence-corrected chi connectivity index (χ1v) is 15.6. The van der Waals surface area contributed by atoms with E-state index < -0.39 is 28.5 Å². The van der Waals surface area contributed by atoms with Crippen LogP contribution in [0.2, 0.25) is 10.0 Å². The quantitative estimate of drug-likeness (QED) is 0.291. The molecular formula is C30H35Cl2N3O4S. The highest BCUT2D eigenvalue weighted by Gasteiger charge is 2.33. The Morgan fingerprint density at radius 2 is 1.55 bits per heavy atom. The number of aryl methyl sites for hydroxylation is 1. The molecule has 0 heterocycles. The van der Waals surface area contributed by atoms with E-state index in [1.807, 2.05) is 44.2 Å². The van der Waals surface area contributed by atoms with Crippen LogP contribution in [0.4, 0.5) is 5.69 Å². The lowest BCUT2D eigenvalue weighted by molar-refractivity contribution is -0.140. The summed E-state index contributed by atoms with van der Waals surface area (Å²) in [6.45, 7) is 5.18. The molecule has 0 aromatic heterocycles. The maximum Gasteiger partial charge on any atom is 0.244 e. The number of carbonyl (C=O) groups is 2. The van der Waals surface area contributed by atoms with E-state index in [9.17, 15) is 18.0 Å². The van der Waals surface area contributed by atoms with Gasteiger partial charge in [0.1, 0.15) is 12.6 Å². The van der Waals surface area contributed by atoms with Crippen LogP contribution in [0.25, 0.3) is 0 Å². The van der Waals surface area contributed by atoms with Crippen molar-refractivity contribution in [3.05, 3.63) is 99.5 Å². The van der Waals surface area contributed by atoms with Gasteiger partial charge in [0.05, 0.1) is 11.9 Å². The summed E-state index contributed by atoms with van der Waals surface area (Å²) in [5.41, 5.74) is 2.56. The van der Waals surface area contributed by atoms with Gasteiger partial charge in [-0.05, 0) is 61.2 Å². The predicted octanol–water partition coefficient (Wildman–Crippen LogP) is 5.62. The molecule has 2 amide bonds. The Morgan fingerprint density at radius 1 is 0.925 bits per heavy atom. The van der Waals surface area contributed by atoms with Crippen LogP contribution in [-0.2, 0) is 32.6 Å². The molecular weight excluding hydrogens is 569 g/mol. The van der Waals surface area contributed by atoms with Gasteiger partial charge < -0.3 is 10.2 Å². The number of nitrogens with zero attached hydrogens (tertiary/aromatic N) is 2. The van der Waals surface area contributed by atoms with E-state index >= 15 is 0 Å². The van der Waals surface area contributed by atoms with Gasteiger partial charge in [-0.2, -0.15) is 0 Å². The molecule has 0 aliphatic rings. The number of halogens is 2. The van der Waals surface area contributed by atoms with Gasteiger partial charge in [0.2, 0.25) is 21.8 Å². The number of benzene rings is 3. The Morgan fingerprint density at radius 3 is 2.15 bits per heavy atom. The predicted molar refractivity (Wildman–Crippen MR) is 162 cm³/mol. The summed E-state index contributed by atoms with van der Waals surface area (Å²) in [4.78, 5) is 29.2. The maximum absolute atomic E-state index is 14.1. The third-order valence-corrected chi connectivity index (χ3v) is 8.27. The third kappa shape index (κ3) is 8.71. The summed E-state index contributed by atoms with van der Waals surface area (Å²) in [7, 11) is -3.88. The molecule has 7 nitrogen and oxygen atoms in total. The number of nitrogens with one attached hydrogen (secondary N) is 1. The van der Waals surface area contributed by atoms with Crippen molar-refractivity contribution in [1.29, 1.82) is 0 Å². The molecule has 0 unspecified atom stereocenters. The lowest BCUT2D eigenvalue weighted by atomic mass is 10.0. The van der Waals surface area contributed by atoms with E-state index in [1.54, 1.807) is 43.3 Å². The Balaban J connectivity index is 2.08. The van der Waals surface area contributed by atoms with Crippen molar-refractivity contribution in [2.45, 2.75) is 52.2 Å². The van der Waals surface area contributed by atoms with Gasteiger partial charge in [-0.15, -0.1) is 0 Å². The summed E-state index contributed by atoms with van der Waals surface area (Å²) in [6, 6.07) is 20.3. The monoisotopic (exact) mass is 603 g/mol. The summed E-state index contributed by atoms with van der Waals surface area (Å²) in [6.07, 6.45) is 2.00. The molecule has 1 N–H and O–H groups in total. The normalized spacial score (nSPS) is 12.8. The summed E-state index contributed by atoms with van der Waals surface area (Å²) in [5, 5.41) is 3.89. The number of sulfonamides is 1. The fourth-order valence-electron chi connectivity index (χ4n) is 4.23. The number of hydrogen-bond donors (Lipinski definition) is 1. The van der Waals surface area contributed by atoms with E-state index in [0.717, 1.165) is 21.7 Å². The maximum atomic E-state index is 14.1. The number of carbonyl (C=O) groups excluding carboxylic acids is 2. The Hall–Kier alpha value is -3.07. The van der Waals surface area contributed by atoms with Gasteiger partial charge in [0.15, 0.2) is 0 Å². The van der Waals surface area contributed by atoms with E-state index in [1.165, 1.54) is 11.0 Å². The summed E-state index contributed by atoms with van der Waals surface area (Å²) >= 11 is 12.3. The van der Waals surface area contributed by atoms with Crippen molar-refractivity contribution in [2.24, 2.45) is 0 Å². The third-order valence-electron chi connectivity index (χ3n) is 6.66. The highest BCUT2D eigenvalue weighted by Crippen LogP contribution is 2.27. The molecule has 40 heavy (non-hydrogen) atoms. The molecule has 3 aromatic carbocycles. The Labute approximate surface area is 247 Å². The van der Waals surface area contributed by atoms with E-state index in [4.69, 9.17) is 23.2 Å². The fourth-order valence-corrected chi connectivity index (χ4v) is 5.42. The van der Waals surface area contributed by atoms with Gasteiger partial charge in [-0.25, -0.2) is 8.42 Å². The van der Waals surface area contributed by atoms with Crippen molar-refractivity contribution in [3.8, 4) is 0 Å². The molecule has 3 rings (SSSR count). The topological polar surface area (TPSA) is 86.8 Å². The van der Waals surface area contributed by atoms with Gasteiger partial charge in [0.25, 0.3) is 0 Å². The number of rotatable bonds is 12. The standard InChI is InChI=1S/C30H35Cl2N3O4S/c1-5-22(3)33-30(37)28(17-23-9-7-6-8-10-23)34(19-24-12-15-25(31)16-13-24)29(36)20-35(40(4,38)39)27-18-26(32)14-11-21(27)2/h6-16,18,22,28H,5,17,19-20H2,1-4H3,(H,33,37)/t22-,28+/m1/s1. The summed E-state index contributed by atoms with van der Waals surface area (Å²) in [5.74, 6) is -0.842. The molecule has 0 spiro atoms. The fraction of sp³-hybridized carbons (Fsp3) is 0.333. The lowest BCUT2D eigenvalue weighted by Crippen LogP contribution is -2.54. The SMILES string of the molecule is CC[C@@H](C)NC(=O)[C@H](Cc1ccccc1)N(Cc1ccc(Cl)cc1)C(=O)CN(c1cc(Cl)ccc1C)S(C)(=O)=O. The first-order valence-electron chi connectivity index (χ1n) is 13.0. The molecule has 0 bridgehead atoms. The molecule has 214 valence electrons. The highest BCUT2D eigenvalue weighted by atomic mass is 35.5. The zero-order chi connectivity index (χ0) is 29.4. The van der Waals surface area contributed by atoms with E-state index in [2.05, 4.69) is 5.32 Å². The average molecular weight is 605 g/mol. The molecule has 0 radical (unpaired) electrons. The molecule has 0 aliphatic carbocycles. The van der Waals surface area contributed by atoms with E-state index in [0.29, 0.717) is 27.7 Å². The van der Waals surface area contributed by atoms with Crippen LogP contribution < -0.4 is 9.62 Å². The molecule has 0 fully saturated rings. The largest absolute Gasteiger partial charge is 0.352 e. The molecule has 2 atom stereocenters. The van der Waals surface area contributed by atoms with Crippen LogP contribution >= 0.6 is 23.2 Å². The molecule has 0 saturated carbocycles. The van der Waals surface area contributed by atoms with Gasteiger partial charge >= 0.3 is 0 Å². The highest BCUT2D eigenvalue weighted by molar-refractivity contribution is 7.92. The van der Waals surface area contributed by atoms with Crippen LogP contribution in [0.1, 0.15) is 37.0 Å². The Bertz CT molecular complexity index is 1420. The van der Waals surface area contributed by atoms with Crippen molar-refractivity contribution < 1.29 is 18.0 Å². The zero-order valence-corrected chi connectivity index (χ0v) is 25.4. The lowest BCUT2D eigenvalue weighted by Gasteiger charge is -2.34. The molecule has 3 aromatic rings. The van der Waals surface area contributed by atoms with Crippen LogP contribution in [0.3, 0.4) is 0 Å². The van der Waals surface area contributed by atoms with Crippen LogP contribution in [0.5, 0.6) is 0 Å². The first-order chi connectivity index (χ1) is 18.9. The van der Waals surface area contributed by atoms with Gasteiger partial charge in [0, 0.05) is 29.1 Å². The van der Waals surface area contributed by atoms with Crippen LogP contribution in [0, 0.1) is 6.92 Å². The van der Waals surface area contributed by atoms with Gasteiger partial charge in [-0.3, -0.25) is 13.9 Å². The van der Waals surface area contributed by atoms with Crippen molar-refractivity contribution in [1.82, 2.24) is 10.2 Å². The molecule has 0 aliphatic heterocycles. The van der Waals surface area contributed by atoms with Crippen LogP contribution in [-0.4, -0.2) is 50.0 Å². The minimum absolute atomic E-state index is 0.0769. The minimum atomic E-state index is -3.88. The number of anilines is 1. The Kier molecular flexibility index (Phi) is 11.0. The second kappa shape index (κ2) is 14.0. The average Bonchev–Trinajstić information content (AvgIpc) is 2.91. The van der Waals surface area contributed by atoms with E-state index in [-0.39, 0.29) is 24.9 Å². The van der Waals surface area contributed by atoms with Crippen molar-refractivity contribution >= 4 is 50.7 Å². The van der Waals surface area contributed by atoms with Crippen molar-refractivity contribution in [2.75, 3.05) is 17.1 Å².